The molecule has 0 radical (unpaired) electrons. The molecule has 0 aliphatic carbocycles. The highest BCUT2D eigenvalue weighted by molar-refractivity contribution is 7.27. The van der Waals surface area contributed by atoms with Gasteiger partial charge < -0.3 is 4.74 Å². The molecule has 1 rings (SSSR count). The topological polar surface area (TPSA) is 22.1 Å². The minimum absolute atomic E-state index is 0.669. The number of hydrogen-bond donors (Lipinski definition) is 0. The first kappa shape index (κ1) is 6.50. The highest BCUT2D eigenvalue weighted by Gasteiger charge is 1.93. The summed E-state index contributed by atoms with van der Waals surface area (Å²) in [5, 5.41) is 0.986. The van der Waals surface area contributed by atoms with Crippen LogP contribution in [0.15, 0.2) is 18.3 Å². The van der Waals surface area contributed by atoms with Crippen molar-refractivity contribution in [2.75, 3.05) is 7.11 Å². The third kappa shape index (κ3) is 1.39. The first-order chi connectivity index (χ1) is 4.34. The molecule has 0 amide bonds. The smallest absolute Gasteiger partial charge is 0.220 e. The molecule has 0 N–H and O–H groups in total. The Hall–Kier alpha value is -0.620. The van der Waals surface area contributed by atoms with E-state index in [-0.39, 0.29) is 0 Å². The molecule has 1 heterocycles. The normalized spacial score (nSPS) is 9.11. The Kier molecular flexibility index (Phi) is 2.01. The molecule has 0 spiro atoms. The van der Waals surface area contributed by atoms with Crippen LogP contribution in [0.2, 0.25) is 0 Å². The summed E-state index contributed by atoms with van der Waals surface area (Å²) >= 11 is 0. The Morgan fingerprint density at radius 2 is 2.44 bits per heavy atom. The van der Waals surface area contributed by atoms with Crippen LogP contribution in [-0.4, -0.2) is 12.1 Å². The average Bonchev–Trinajstić information content (AvgIpc) is 1.89. The lowest BCUT2D eigenvalue weighted by Crippen LogP contribution is -1.99. The van der Waals surface area contributed by atoms with E-state index < -0.39 is 0 Å². The van der Waals surface area contributed by atoms with Crippen molar-refractivity contribution < 1.29 is 4.74 Å². The largest absolute Gasteiger partial charge is 0.481 e. The molecule has 1 aromatic heterocycles. The third-order valence-electron chi connectivity index (χ3n) is 0.994. The third-order valence-corrected chi connectivity index (χ3v) is 1.43. The van der Waals surface area contributed by atoms with Crippen LogP contribution in [0.5, 0.6) is 5.88 Å². The highest BCUT2D eigenvalue weighted by Crippen LogP contribution is 2.02. The molecule has 0 aliphatic rings. The van der Waals surface area contributed by atoms with Crippen molar-refractivity contribution in [3.8, 4) is 5.88 Å². The second-order valence-corrected chi connectivity index (χ2v) is 2.22. The maximum atomic E-state index is 4.91. The molecule has 0 bridgehead atoms. The average molecular weight is 141 g/mol. The van der Waals surface area contributed by atoms with Crippen molar-refractivity contribution in [1.29, 1.82) is 0 Å². The second kappa shape index (κ2) is 2.79. The fraction of sp³-hybridized carbons (Fsp3) is 0.167. The molecule has 9 heavy (non-hydrogen) atoms. The molecular weight excluding hydrogens is 133 g/mol. The van der Waals surface area contributed by atoms with Crippen LogP contribution >= 0.6 is 9.24 Å². The van der Waals surface area contributed by atoms with Crippen molar-refractivity contribution in [3.63, 3.8) is 0 Å². The van der Waals surface area contributed by atoms with Crippen molar-refractivity contribution in [3.05, 3.63) is 18.3 Å². The fourth-order valence-electron chi connectivity index (χ4n) is 0.574. The van der Waals surface area contributed by atoms with Crippen molar-refractivity contribution in [2.45, 2.75) is 0 Å². The van der Waals surface area contributed by atoms with Crippen LogP contribution in [0, 0.1) is 0 Å². The number of aromatic nitrogens is 1. The summed E-state index contributed by atoms with van der Waals surface area (Å²) in [5.41, 5.74) is 0. The van der Waals surface area contributed by atoms with Crippen LogP contribution in [0.25, 0.3) is 0 Å². The lowest BCUT2D eigenvalue weighted by Gasteiger charge is -1.98. The summed E-state index contributed by atoms with van der Waals surface area (Å²) in [6, 6.07) is 3.79. The minimum Gasteiger partial charge on any atom is -0.481 e. The van der Waals surface area contributed by atoms with Crippen LogP contribution in [0.4, 0.5) is 0 Å². The highest BCUT2D eigenvalue weighted by atomic mass is 31.0. The number of rotatable bonds is 1. The zero-order valence-corrected chi connectivity index (χ0v) is 6.32. The Labute approximate surface area is 56.5 Å². The van der Waals surface area contributed by atoms with Gasteiger partial charge in [-0.25, -0.2) is 4.98 Å². The van der Waals surface area contributed by atoms with Crippen LogP contribution in [0.3, 0.4) is 0 Å². The van der Waals surface area contributed by atoms with Gasteiger partial charge in [-0.15, -0.1) is 0 Å². The summed E-state index contributed by atoms with van der Waals surface area (Å²) in [4.78, 5) is 3.95. The fourth-order valence-corrected chi connectivity index (χ4v) is 0.877. The molecule has 1 atom stereocenters. The van der Waals surface area contributed by atoms with Gasteiger partial charge in [-0.05, 0) is 12.1 Å². The Morgan fingerprint density at radius 3 is 2.89 bits per heavy atom. The molecule has 0 saturated heterocycles. The molecule has 0 saturated carbocycles. The lowest BCUT2D eigenvalue weighted by atomic mass is 10.5. The maximum absolute atomic E-state index is 4.91. The number of nitrogens with zero attached hydrogens (tertiary/aromatic N) is 1. The molecule has 0 aromatic carbocycles. The van der Waals surface area contributed by atoms with Gasteiger partial charge in [0, 0.05) is 11.5 Å². The molecular formula is C6H8NOP. The number of pyridine rings is 1. The van der Waals surface area contributed by atoms with Gasteiger partial charge in [-0.1, -0.05) is 9.24 Å². The SMILES string of the molecule is COc1ncccc1P. The van der Waals surface area contributed by atoms with E-state index >= 15 is 0 Å². The quantitative estimate of drug-likeness (QED) is 0.534. The predicted molar refractivity (Wildman–Crippen MR) is 40.1 cm³/mol. The molecule has 2 nitrogen and oxygen atoms in total. The number of ether oxygens (including phenoxy) is 1. The summed E-state index contributed by atoms with van der Waals surface area (Å²) in [6.07, 6.45) is 1.70. The lowest BCUT2D eigenvalue weighted by molar-refractivity contribution is 0.402. The van der Waals surface area contributed by atoms with Crippen LogP contribution in [0.1, 0.15) is 0 Å². The van der Waals surface area contributed by atoms with E-state index in [4.69, 9.17) is 4.74 Å². The van der Waals surface area contributed by atoms with E-state index in [1.54, 1.807) is 13.3 Å². The Bertz CT molecular complexity index is 202. The van der Waals surface area contributed by atoms with E-state index in [1.807, 2.05) is 12.1 Å². The molecule has 1 unspecified atom stereocenters. The van der Waals surface area contributed by atoms with E-state index in [0.717, 1.165) is 5.30 Å². The van der Waals surface area contributed by atoms with Crippen molar-refractivity contribution in [1.82, 2.24) is 4.98 Å². The van der Waals surface area contributed by atoms with Crippen molar-refractivity contribution in [2.24, 2.45) is 0 Å². The van der Waals surface area contributed by atoms with Gasteiger partial charge in [-0.3, -0.25) is 0 Å². The zero-order valence-electron chi connectivity index (χ0n) is 5.16. The van der Waals surface area contributed by atoms with Gasteiger partial charge in [-0.2, -0.15) is 0 Å². The summed E-state index contributed by atoms with van der Waals surface area (Å²) in [5.74, 6) is 0.669. The zero-order chi connectivity index (χ0) is 6.69. The van der Waals surface area contributed by atoms with Gasteiger partial charge in [0.1, 0.15) is 0 Å². The molecule has 1 aromatic rings. The maximum Gasteiger partial charge on any atom is 0.220 e. The summed E-state index contributed by atoms with van der Waals surface area (Å²) in [6.45, 7) is 0. The van der Waals surface area contributed by atoms with Gasteiger partial charge in [0.25, 0.3) is 0 Å². The van der Waals surface area contributed by atoms with Crippen LogP contribution < -0.4 is 10.0 Å². The summed E-state index contributed by atoms with van der Waals surface area (Å²) < 4.78 is 4.91. The first-order valence-electron chi connectivity index (χ1n) is 2.59. The predicted octanol–water partition coefficient (Wildman–Crippen LogP) is 0.591. The van der Waals surface area contributed by atoms with Gasteiger partial charge in [0.05, 0.1) is 7.11 Å². The number of hydrogen-bond acceptors (Lipinski definition) is 2. The monoisotopic (exact) mass is 141 g/mol. The van der Waals surface area contributed by atoms with Gasteiger partial charge in [0.2, 0.25) is 5.88 Å². The van der Waals surface area contributed by atoms with Gasteiger partial charge >= 0.3 is 0 Å². The van der Waals surface area contributed by atoms with E-state index in [1.165, 1.54) is 0 Å². The van der Waals surface area contributed by atoms with E-state index in [2.05, 4.69) is 14.2 Å². The van der Waals surface area contributed by atoms with E-state index in [0.29, 0.717) is 5.88 Å². The van der Waals surface area contributed by atoms with E-state index in [9.17, 15) is 0 Å². The summed E-state index contributed by atoms with van der Waals surface area (Å²) in [7, 11) is 4.15. The Morgan fingerprint density at radius 1 is 1.67 bits per heavy atom. The van der Waals surface area contributed by atoms with Crippen LogP contribution in [-0.2, 0) is 0 Å². The number of methoxy groups -OCH3 is 1. The molecule has 0 aliphatic heterocycles. The molecule has 48 valence electrons. The molecule has 0 fully saturated rings. The minimum atomic E-state index is 0.669. The van der Waals surface area contributed by atoms with Gasteiger partial charge in [0.15, 0.2) is 0 Å². The molecule has 3 heteroatoms. The second-order valence-electron chi connectivity index (χ2n) is 1.60. The standard InChI is InChI=1S/C6H8NOP/c1-8-6-5(9)3-2-4-7-6/h2-4H,9H2,1H3. The Balaban J connectivity index is 3.01. The first-order valence-corrected chi connectivity index (χ1v) is 3.17. The van der Waals surface area contributed by atoms with Crippen molar-refractivity contribution >= 4 is 14.5 Å².